The maximum Gasteiger partial charge on any atom is 0.339 e. The molecule has 1 aromatic carbocycles. The Bertz CT molecular complexity index is 881. The van der Waals surface area contributed by atoms with Gasteiger partial charge in [-0.25, -0.2) is 4.79 Å². The number of hydrogen-bond acceptors (Lipinski definition) is 5. The van der Waals surface area contributed by atoms with Gasteiger partial charge in [-0.15, -0.1) is 0 Å². The summed E-state index contributed by atoms with van der Waals surface area (Å²) in [7, 11) is 1.35. The second-order valence-corrected chi connectivity index (χ2v) is 7.69. The second-order valence-electron chi connectivity index (χ2n) is 7.69. The first-order valence-corrected chi connectivity index (χ1v) is 10.6. The number of piperazine rings is 1. The number of aryl methyl sites for hydroxylation is 1. The molecule has 0 unspecified atom stereocenters. The van der Waals surface area contributed by atoms with Crippen molar-refractivity contribution in [3.8, 4) is 0 Å². The number of aromatic amines is 1. The van der Waals surface area contributed by atoms with Gasteiger partial charge in [0.2, 0.25) is 0 Å². The number of rotatable bonds is 7. The molecule has 0 aliphatic carbocycles. The van der Waals surface area contributed by atoms with Gasteiger partial charge in [-0.3, -0.25) is 9.69 Å². The highest BCUT2D eigenvalue weighted by Crippen LogP contribution is 2.22. The molecule has 0 saturated carbocycles. The molecule has 0 atom stereocenters. The second kappa shape index (κ2) is 9.91. The number of ether oxygens (including phenoxy) is 1. The van der Waals surface area contributed by atoms with Crippen molar-refractivity contribution in [3.05, 3.63) is 52.3 Å². The summed E-state index contributed by atoms with van der Waals surface area (Å²) in [5.74, 6) is -0.690. The van der Waals surface area contributed by atoms with Crippen LogP contribution in [-0.4, -0.2) is 66.5 Å². The van der Waals surface area contributed by atoms with Crippen LogP contribution in [0, 0.1) is 6.92 Å². The van der Waals surface area contributed by atoms with E-state index in [0.717, 1.165) is 45.0 Å². The van der Waals surface area contributed by atoms with E-state index in [1.807, 2.05) is 19.1 Å². The summed E-state index contributed by atoms with van der Waals surface area (Å²) >= 11 is 0. The molecule has 0 spiro atoms. The van der Waals surface area contributed by atoms with Crippen molar-refractivity contribution in [2.45, 2.75) is 33.7 Å². The van der Waals surface area contributed by atoms with Gasteiger partial charge in [0, 0.05) is 44.1 Å². The van der Waals surface area contributed by atoms with Gasteiger partial charge in [-0.05, 0) is 43.1 Å². The summed E-state index contributed by atoms with van der Waals surface area (Å²) in [5, 5.41) is 2.92. The van der Waals surface area contributed by atoms with Gasteiger partial charge >= 0.3 is 5.97 Å². The standard InChI is InChI=1S/C23H32N4O3/c1-5-19-20(23(29)30-4)16(3)21(25-19)22(28)24-18-9-7-17(8-10-18)15-27-13-11-26(6-2)12-14-27/h7-10,25H,5-6,11-15H2,1-4H3,(H,24,28). The first-order chi connectivity index (χ1) is 14.5. The van der Waals surface area contributed by atoms with Crippen molar-refractivity contribution in [1.82, 2.24) is 14.8 Å². The fourth-order valence-corrected chi connectivity index (χ4v) is 3.94. The summed E-state index contributed by atoms with van der Waals surface area (Å²) in [4.78, 5) is 32.9. The molecular formula is C23H32N4O3. The summed E-state index contributed by atoms with van der Waals surface area (Å²) in [5.41, 5.74) is 4.12. The van der Waals surface area contributed by atoms with E-state index >= 15 is 0 Å². The fourth-order valence-electron chi connectivity index (χ4n) is 3.94. The number of likely N-dealkylation sites (N-methyl/N-ethyl adjacent to an activating group) is 1. The van der Waals surface area contributed by atoms with Crippen LogP contribution in [0.15, 0.2) is 24.3 Å². The number of benzene rings is 1. The van der Waals surface area contributed by atoms with Crippen molar-refractivity contribution < 1.29 is 14.3 Å². The van der Waals surface area contributed by atoms with E-state index in [1.54, 1.807) is 6.92 Å². The zero-order valence-electron chi connectivity index (χ0n) is 18.4. The van der Waals surface area contributed by atoms with E-state index in [-0.39, 0.29) is 5.91 Å². The van der Waals surface area contributed by atoms with Gasteiger partial charge in [0.15, 0.2) is 0 Å². The number of methoxy groups -OCH3 is 1. The molecular weight excluding hydrogens is 380 g/mol. The highest BCUT2D eigenvalue weighted by molar-refractivity contribution is 6.06. The van der Waals surface area contributed by atoms with E-state index in [0.29, 0.717) is 28.9 Å². The summed E-state index contributed by atoms with van der Waals surface area (Å²) in [6.07, 6.45) is 0.611. The molecule has 1 aliphatic rings. The van der Waals surface area contributed by atoms with Crippen LogP contribution < -0.4 is 5.32 Å². The SMILES string of the molecule is CCc1[nH]c(C(=O)Nc2ccc(CN3CCN(CC)CC3)cc2)c(C)c1C(=O)OC. The van der Waals surface area contributed by atoms with Crippen LogP contribution in [0.25, 0.3) is 0 Å². The van der Waals surface area contributed by atoms with Crippen LogP contribution in [0.1, 0.15) is 51.5 Å². The van der Waals surface area contributed by atoms with Gasteiger partial charge in [-0.1, -0.05) is 26.0 Å². The molecule has 7 nitrogen and oxygen atoms in total. The first kappa shape index (κ1) is 22.1. The fraction of sp³-hybridized carbons (Fsp3) is 0.478. The van der Waals surface area contributed by atoms with Gasteiger partial charge < -0.3 is 19.9 Å². The van der Waals surface area contributed by atoms with Crippen LogP contribution in [0.3, 0.4) is 0 Å². The minimum atomic E-state index is -0.427. The molecule has 1 saturated heterocycles. The molecule has 30 heavy (non-hydrogen) atoms. The number of carbonyl (C=O) groups is 2. The number of anilines is 1. The Balaban J connectivity index is 1.64. The van der Waals surface area contributed by atoms with Crippen LogP contribution in [-0.2, 0) is 17.7 Å². The van der Waals surface area contributed by atoms with Crippen molar-refractivity contribution in [2.75, 3.05) is 45.2 Å². The number of hydrogen-bond donors (Lipinski definition) is 2. The average molecular weight is 413 g/mol. The number of aromatic nitrogens is 1. The predicted molar refractivity (Wildman–Crippen MR) is 118 cm³/mol. The Morgan fingerprint density at radius 3 is 2.27 bits per heavy atom. The third-order valence-corrected chi connectivity index (χ3v) is 5.83. The van der Waals surface area contributed by atoms with E-state index in [1.165, 1.54) is 12.7 Å². The number of nitrogens with one attached hydrogen (secondary N) is 2. The molecule has 3 rings (SSSR count). The van der Waals surface area contributed by atoms with E-state index in [9.17, 15) is 9.59 Å². The monoisotopic (exact) mass is 412 g/mol. The van der Waals surface area contributed by atoms with Gasteiger partial charge in [0.1, 0.15) is 5.69 Å². The number of nitrogens with zero attached hydrogens (tertiary/aromatic N) is 2. The minimum absolute atomic E-state index is 0.263. The summed E-state index contributed by atoms with van der Waals surface area (Å²) < 4.78 is 4.86. The molecule has 2 N–H and O–H groups in total. The Morgan fingerprint density at radius 1 is 1.07 bits per heavy atom. The Kier molecular flexibility index (Phi) is 7.29. The highest BCUT2D eigenvalue weighted by atomic mass is 16.5. The van der Waals surface area contributed by atoms with Crippen molar-refractivity contribution in [2.24, 2.45) is 0 Å². The quantitative estimate of drug-likeness (QED) is 0.684. The number of carbonyl (C=O) groups excluding carboxylic acids is 2. The number of amides is 1. The van der Waals surface area contributed by atoms with Crippen molar-refractivity contribution in [1.29, 1.82) is 0 Å². The van der Waals surface area contributed by atoms with Crippen molar-refractivity contribution in [3.63, 3.8) is 0 Å². The Hall–Kier alpha value is -2.64. The zero-order valence-corrected chi connectivity index (χ0v) is 18.4. The zero-order chi connectivity index (χ0) is 21.7. The lowest BCUT2D eigenvalue weighted by molar-refractivity contribution is 0.0599. The predicted octanol–water partition coefficient (Wildman–Crippen LogP) is 3.06. The summed E-state index contributed by atoms with van der Waals surface area (Å²) in [6, 6.07) is 7.97. The van der Waals surface area contributed by atoms with Crippen LogP contribution in [0.5, 0.6) is 0 Å². The molecule has 7 heteroatoms. The lowest BCUT2D eigenvalue weighted by Crippen LogP contribution is -2.45. The topological polar surface area (TPSA) is 77.7 Å². The van der Waals surface area contributed by atoms with E-state index < -0.39 is 5.97 Å². The lowest BCUT2D eigenvalue weighted by Gasteiger charge is -2.34. The third-order valence-electron chi connectivity index (χ3n) is 5.83. The molecule has 1 fully saturated rings. The van der Waals surface area contributed by atoms with E-state index in [4.69, 9.17) is 4.74 Å². The smallest absolute Gasteiger partial charge is 0.339 e. The average Bonchev–Trinajstić information content (AvgIpc) is 3.11. The van der Waals surface area contributed by atoms with Crippen LogP contribution in [0.2, 0.25) is 0 Å². The maximum absolute atomic E-state index is 12.8. The molecule has 1 aromatic heterocycles. The number of esters is 1. The van der Waals surface area contributed by atoms with Gasteiger partial charge in [0.25, 0.3) is 5.91 Å². The largest absolute Gasteiger partial charge is 0.465 e. The Labute approximate surface area is 178 Å². The van der Waals surface area contributed by atoms with Crippen LogP contribution in [0.4, 0.5) is 5.69 Å². The molecule has 162 valence electrons. The molecule has 0 radical (unpaired) electrons. The lowest BCUT2D eigenvalue weighted by atomic mass is 10.1. The normalized spacial score (nSPS) is 15.2. The summed E-state index contributed by atoms with van der Waals surface area (Å²) in [6.45, 7) is 12.3. The third kappa shape index (κ3) is 4.91. The number of H-pyrrole nitrogens is 1. The van der Waals surface area contributed by atoms with Gasteiger partial charge in [-0.2, -0.15) is 0 Å². The molecule has 1 amide bonds. The maximum atomic E-state index is 12.8. The molecule has 2 aromatic rings. The Morgan fingerprint density at radius 2 is 1.70 bits per heavy atom. The molecule has 2 heterocycles. The molecule has 0 bridgehead atoms. The van der Waals surface area contributed by atoms with Crippen molar-refractivity contribution >= 4 is 17.6 Å². The minimum Gasteiger partial charge on any atom is -0.465 e. The van der Waals surface area contributed by atoms with Gasteiger partial charge in [0.05, 0.1) is 12.7 Å². The van der Waals surface area contributed by atoms with E-state index in [2.05, 4.69) is 39.2 Å². The van der Waals surface area contributed by atoms with Crippen LogP contribution >= 0.6 is 0 Å². The molecule has 1 aliphatic heterocycles. The highest BCUT2D eigenvalue weighted by Gasteiger charge is 2.23. The first-order valence-electron chi connectivity index (χ1n) is 10.6.